The van der Waals surface area contributed by atoms with E-state index in [9.17, 15) is 31.7 Å². The highest BCUT2D eigenvalue weighted by atomic mass is 32.2. The van der Waals surface area contributed by atoms with E-state index in [1.165, 1.54) is 18.2 Å². The van der Waals surface area contributed by atoms with Gasteiger partial charge in [0.2, 0.25) is 10.0 Å². The van der Waals surface area contributed by atoms with Crippen LogP contribution < -0.4 is 4.74 Å². The van der Waals surface area contributed by atoms with Crippen LogP contribution in [-0.4, -0.2) is 31.0 Å². The van der Waals surface area contributed by atoms with Crippen LogP contribution in [0.25, 0.3) is 0 Å². The van der Waals surface area contributed by atoms with Crippen LogP contribution in [0.15, 0.2) is 53.9 Å². The van der Waals surface area contributed by atoms with Crippen LogP contribution in [0.4, 0.5) is 18.9 Å². The number of hydrogen-bond donors (Lipinski definition) is 0. The van der Waals surface area contributed by atoms with Gasteiger partial charge in [0.25, 0.3) is 5.69 Å². The van der Waals surface area contributed by atoms with E-state index in [1.807, 2.05) is 0 Å². The second kappa shape index (κ2) is 8.65. The summed E-state index contributed by atoms with van der Waals surface area (Å²) in [4.78, 5) is 10.1. The summed E-state index contributed by atoms with van der Waals surface area (Å²) < 4.78 is 76.7. The Bertz CT molecular complexity index is 1120. The Morgan fingerprint density at radius 1 is 1.26 bits per heavy atom. The minimum Gasteiger partial charge on any atom is -0.467 e. The van der Waals surface area contributed by atoms with Crippen molar-refractivity contribution in [1.82, 2.24) is 4.31 Å². The molecule has 2 aromatic rings. The normalized spacial score (nSPS) is 14.1. The zero-order valence-corrected chi connectivity index (χ0v) is 16.8. The van der Waals surface area contributed by atoms with E-state index in [-0.39, 0.29) is 43.5 Å². The Balaban J connectivity index is 2.05. The number of nitro groups is 1. The van der Waals surface area contributed by atoms with Gasteiger partial charge in [-0.3, -0.25) is 10.1 Å². The van der Waals surface area contributed by atoms with Gasteiger partial charge in [-0.2, -0.15) is 17.5 Å². The molecule has 0 spiro atoms. The summed E-state index contributed by atoms with van der Waals surface area (Å²) in [5.74, 6) is 0.241. The highest BCUT2D eigenvalue weighted by molar-refractivity contribution is 7.89. The molecule has 1 aliphatic rings. The molecule has 0 fully saturated rings. The van der Waals surface area contributed by atoms with Gasteiger partial charge < -0.3 is 9.47 Å². The van der Waals surface area contributed by atoms with Crippen molar-refractivity contribution >= 4 is 15.7 Å². The predicted octanol–water partition coefficient (Wildman–Crippen LogP) is 3.86. The van der Waals surface area contributed by atoms with Crippen LogP contribution >= 0.6 is 0 Å². The van der Waals surface area contributed by atoms with E-state index >= 15 is 0 Å². The quantitative estimate of drug-likeness (QED) is 0.355. The minimum absolute atomic E-state index is 0.0336. The van der Waals surface area contributed by atoms with Crippen molar-refractivity contribution in [2.45, 2.75) is 24.2 Å². The summed E-state index contributed by atoms with van der Waals surface area (Å²) in [5.41, 5.74) is -0.853. The lowest BCUT2D eigenvalue weighted by Gasteiger charge is -2.25. The first-order valence-corrected chi connectivity index (χ1v) is 10.3. The summed E-state index contributed by atoms with van der Waals surface area (Å²) in [6, 6.07) is 5.78. The molecule has 0 amide bonds. The maximum atomic E-state index is 13.1. The highest BCUT2D eigenvalue weighted by Crippen LogP contribution is 2.35. The second-order valence-corrected chi connectivity index (χ2v) is 8.51. The van der Waals surface area contributed by atoms with Crippen molar-refractivity contribution in [3.05, 3.63) is 75.9 Å². The van der Waals surface area contributed by atoms with Crippen LogP contribution in [0.1, 0.15) is 16.7 Å². The van der Waals surface area contributed by atoms with Crippen LogP contribution in [-0.2, 0) is 34.1 Å². The fourth-order valence-corrected chi connectivity index (χ4v) is 4.50. The Kier molecular flexibility index (Phi) is 6.34. The number of hydrogen-bond acceptors (Lipinski definition) is 6. The lowest BCUT2D eigenvalue weighted by molar-refractivity contribution is -0.385. The number of ether oxygens (including phenoxy) is 2. The molecule has 31 heavy (non-hydrogen) atoms. The molecule has 0 radical (unpaired) electrons. The molecule has 166 valence electrons. The molecule has 12 heteroatoms. The maximum Gasteiger partial charge on any atom is 0.416 e. The lowest BCUT2D eigenvalue weighted by atomic mass is 10.1. The fourth-order valence-electron chi connectivity index (χ4n) is 3.07. The highest BCUT2D eigenvalue weighted by Gasteiger charge is 2.33. The summed E-state index contributed by atoms with van der Waals surface area (Å²) in [6.07, 6.45) is -3.46. The monoisotopic (exact) mass is 458 g/mol. The maximum absolute atomic E-state index is 13.1. The Labute approximate surface area is 175 Å². The van der Waals surface area contributed by atoms with Crippen molar-refractivity contribution in [2.75, 3.05) is 13.3 Å². The Morgan fingerprint density at radius 2 is 2.00 bits per heavy atom. The van der Waals surface area contributed by atoms with Gasteiger partial charge in [0.05, 0.1) is 22.0 Å². The number of benzene rings is 2. The molecule has 0 aliphatic carbocycles. The molecule has 3 rings (SSSR count). The summed E-state index contributed by atoms with van der Waals surface area (Å²) in [7, 11) is -4.40. The third kappa shape index (κ3) is 4.86. The molecule has 0 saturated heterocycles. The van der Waals surface area contributed by atoms with Gasteiger partial charge in [-0.1, -0.05) is 12.1 Å². The number of nitro benzene ring substituents is 1. The predicted molar refractivity (Wildman–Crippen MR) is 103 cm³/mol. The fraction of sp³-hybridized carbons (Fsp3) is 0.263. The minimum atomic E-state index is -4.72. The first-order valence-electron chi connectivity index (χ1n) is 8.83. The van der Waals surface area contributed by atoms with E-state index in [2.05, 4.69) is 6.58 Å². The van der Waals surface area contributed by atoms with Crippen molar-refractivity contribution in [1.29, 1.82) is 0 Å². The molecule has 2 aromatic carbocycles. The standard InChI is InChI=1S/C19H17F3N2O6S/c1-2-6-23(31(27,28)17-5-3-4-15(9-17)19(20,21)22)10-13-7-16(24(25)26)8-14-11-29-12-30-18(13)14/h2-5,7-9H,1,6,10-12H2. The third-order valence-corrected chi connectivity index (χ3v) is 6.27. The molecule has 8 nitrogen and oxygen atoms in total. The van der Waals surface area contributed by atoms with Gasteiger partial charge in [-0.05, 0) is 18.2 Å². The first kappa shape index (κ1) is 22.7. The Morgan fingerprint density at radius 3 is 2.65 bits per heavy atom. The van der Waals surface area contributed by atoms with Crippen molar-refractivity contribution < 1.29 is 36.0 Å². The molecular weight excluding hydrogens is 441 g/mol. The van der Waals surface area contributed by atoms with E-state index < -0.39 is 31.6 Å². The van der Waals surface area contributed by atoms with Gasteiger partial charge in [0.1, 0.15) is 5.75 Å². The number of fused-ring (bicyclic) bond motifs is 1. The molecule has 0 unspecified atom stereocenters. The summed E-state index contributed by atoms with van der Waals surface area (Å²) in [5, 5.41) is 11.3. The molecule has 0 N–H and O–H groups in total. The topological polar surface area (TPSA) is 99.0 Å². The van der Waals surface area contributed by atoms with Crippen molar-refractivity contribution in [3.8, 4) is 5.75 Å². The van der Waals surface area contributed by atoms with Crippen molar-refractivity contribution in [3.63, 3.8) is 0 Å². The first-order chi connectivity index (χ1) is 14.5. The zero-order chi connectivity index (χ0) is 22.8. The number of alkyl halides is 3. The summed E-state index contributed by atoms with van der Waals surface area (Å²) in [6.45, 7) is 2.78. The third-order valence-electron chi connectivity index (χ3n) is 4.46. The van der Waals surface area contributed by atoms with Gasteiger partial charge in [0, 0.05) is 36.3 Å². The molecular formula is C19H17F3N2O6S. The van der Waals surface area contributed by atoms with Crippen molar-refractivity contribution in [2.24, 2.45) is 0 Å². The number of non-ortho nitro benzene ring substituents is 1. The van der Waals surface area contributed by atoms with Crippen LogP contribution in [0, 0.1) is 10.1 Å². The summed E-state index contributed by atoms with van der Waals surface area (Å²) >= 11 is 0. The van der Waals surface area contributed by atoms with Crippen LogP contribution in [0.2, 0.25) is 0 Å². The van der Waals surface area contributed by atoms with E-state index in [0.717, 1.165) is 22.5 Å². The molecule has 0 bridgehead atoms. The van der Waals surface area contributed by atoms with E-state index in [0.29, 0.717) is 11.6 Å². The average molecular weight is 458 g/mol. The number of halogens is 3. The smallest absolute Gasteiger partial charge is 0.416 e. The largest absolute Gasteiger partial charge is 0.467 e. The SMILES string of the molecule is C=CCN(Cc1cc([N+](=O)[O-])cc2c1OCOC2)S(=O)(=O)c1cccc(C(F)(F)F)c1. The molecule has 1 aliphatic heterocycles. The molecule has 1 heterocycles. The number of sulfonamides is 1. The Hall–Kier alpha value is -2.96. The van der Waals surface area contributed by atoms with Gasteiger partial charge >= 0.3 is 6.18 Å². The van der Waals surface area contributed by atoms with E-state index in [4.69, 9.17) is 9.47 Å². The molecule has 0 aromatic heterocycles. The average Bonchev–Trinajstić information content (AvgIpc) is 2.72. The van der Waals surface area contributed by atoms with E-state index in [1.54, 1.807) is 0 Å². The van der Waals surface area contributed by atoms with Gasteiger partial charge in [0.15, 0.2) is 6.79 Å². The molecule has 0 saturated carbocycles. The second-order valence-electron chi connectivity index (χ2n) is 6.57. The zero-order valence-electron chi connectivity index (χ0n) is 16.0. The molecule has 0 atom stereocenters. The number of rotatable bonds is 7. The van der Waals surface area contributed by atoms with Gasteiger partial charge in [-0.25, -0.2) is 8.42 Å². The van der Waals surface area contributed by atoms with Crippen LogP contribution in [0.3, 0.4) is 0 Å². The van der Waals surface area contributed by atoms with Crippen LogP contribution in [0.5, 0.6) is 5.75 Å². The van der Waals surface area contributed by atoms with Gasteiger partial charge in [-0.15, -0.1) is 6.58 Å². The lowest BCUT2D eigenvalue weighted by Crippen LogP contribution is -2.31. The number of nitrogens with zero attached hydrogens (tertiary/aromatic N) is 2.